The van der Waals surface area contributed by atoms with Gasteiger partial charge in [0, 0.05) is 12.1 Å². The molecule has 0 bridgehead atoms. The molecule has 3 rings (SSSR count). The van der Waals surface area contributed by atoms with E-state index in [0.29, 0.717) is 5.69 Å². The molecule has 1 fully saturated rings. The molecule has 3 amide bonds. The van der Waals surface area contributed by atoms with Gasteiger partial charge in [0.15, 0.2) is 6.61 Å². The van der Waals surface area contributed by atoms with Gasteiger partial charge in [0.05, 0.1) is 26.7 Å². The minimum atomic E-state index is -0.817. The number of carbonyl (C=O) groups is 4. The summed E-state index contributed by atoms with van der Waals surface area (Å²) in [4.78, 5) is 49.8. The van der Waals surface area contributed by atoms with Gasteiger partial charge in [-0.25, -0.2) is 0 Å². The van der Waals surface area contributed by atoms with Crippen LogP contribution in [0.2, 0.25) is 0 Å². The Labute approximate surface area is 197 Å². The standard InChI is InChI=1S/C24H27N3O7/c1-4-15-8-5-6-9-17(15)25-20(28)14-34-24(31)16-12-21(29)27(13-16)26-23(30)22-18(32-2)10-7-11-19(22)33-3/h5-11,16H,4,12-14H2,1-3H3,(H,25,28)(H,26,30)/t16-/m0/s1. The highest BCUT2D eigenvalue weighted by atomic mass is 16.5. The minimum absolute atomic E-state index is 0.0822. The van der Waals surface area contributed by atoms with Crippen LogP contribution in [0.15, 0.2) is 42.5 Å². The van der Waals surface area contributed by atoms with Gasteiger partial charge in [0.2, 0.25) is 5.91 Å². The third kappa shape index (κ3) is 5.64. The second-order valence-corrected chi connectivity index (χ2v) is 7.55. The van der Waals surface area contributed by atoms with Crippen molar-refractivity contribution in [3.8, 4) is 11.5 Å². The Morgan fingerprint density at radius 2 is 1.71 bits per heavy atom. The summed E-state index contributed by atoms with van der Waals surface area (Å²) in [6.07, 6.45) is 0.588. The van der Waals surface area contributed by atoms with E-state index < -0.39 is 36.2 Å². The summed E-state index contributed by atoms with van der Waals surface area (Å²) in [5.41, 5.74) is 4.22. The van der Waals surface area contributed by atoms with Crippen LogP contribution in [0.1, 0.15) is 29.3 Å². The summed E-state index contributed by atoms with van der Waals surface area (Å²) in [7, 11) is 2.82. The zero-order chi connectivity index (χ0) is 24.7. The number of esters is 1. The lowest BCUT2D eigenvalue weighted by Gasteiger charge is -2.19. The number of nitrogens with one attached hydrogen (secondary N) is 2. The maximum absolute atomic E-state index is 12.8. The number of ether oxygens (including phenoxy) is 3. The van der Waals surface area contributed by atoms with Crippen LogP contribution in [0.4, 0.5) is 5.69 Å². The zero-order valence-corrected chi connectivity index (χ0v) is 19.3. The van der Waals surface area contributed by atoms with E-state index in [1.807, 2.05) is 19.1 Å². The van der Waals surface area contributed by atoms with Gasteiger partial charge in [-0.3, -0.25) is 29.6 Å². The molecule has 0 aromatic heterocycles. The molecular formula is C24H27N3O7. The predicted molar refractivity (Wildman–Crippen MR) is 122 cm³/mol. The quantitative estimate of drug-likeness (QED) is 0.538. The van der Waals surface area contributed by atoms with E-state index in [9.17, 15) is 19.2 Å². The van der Waals surface area contributed by atoms with Gasteiger partial charge >= 0.3 is 5.97 Å². The second kappa shape index (κ2) is 11.2. The molecule has 34 heavy (non-hydrogen) atoms. The molecule has 10 nitrogen and oxygen atoms in total. The first-order valence-corrected chi connectivity index (χ1v) is 10.7. The summed E-state index contributed by atoms with van der Waals surface area (Å²) in [5, 5.41) is 3.77. The van der Waals surface area contributed by atoms with E-state index >= 15 is 0 Å². The van der Waals surface area contributed by atoms with Crippen molar-refractivity contribution in [3.63, 3.8) is 0 Å². The largest absolute Gasteiger partial charge is 0.496 e. The highest BCUT2D eigenvalue weighted by Crippen LogP contribution is 2.28. The molecule has 0 saturated carbocycles. The fourth-order valence-electron chi connectivity index (χ4n) is 3.62. The Bertz CT molecular complexity index is 1060. The number of nitrogens with zero attached hydrogens (tertiary/aromatic N) is 1. The first-order valence-electron chi connectivity index (χ1n) is 10.7. The smallest absolute Gasteiger partial charge is 0.311 e. The molecule has 2 aromatic rings. The Kier molecular flexibility index (Phi) is 8.07. The van der Waals surface area contributed by atoms with Crippen molar-refractivity contribution in [2.45, 2.75) is 19.8 Å². The SMILES string of the molecule is CCc1ccccc1NC(=O)COC(=O)[C@H]1CC(=O)N(NC(=O)c2c(OC)cccc2OC)C1. The number of para-hydroxylation sites is 1. The lowest BCUT2D eigenvalue weighted by molar-refractivity contribution is -0.151. The topological polar surface area (TPSA) is 123 Å². The third-order valence-corrected chi connectivity index (χ3v) is 5.37. The van der Waals surface area contributed by atoms with Gasteiger partial charge < -0.3 is 19.5 Å². The summed E-state index contributed by atoms with van der Waals surface area (Å²) in [6.45, 7) is 1.41. The van der Waals surface area contributed by atoms with Gasteiger partial charge in [-0.2, -0.15) is 0 Å². The molecule has 2 N–H and O–H groups in total. The van der Waals surface area contributed by atoms with Crippen LogP contribution in [0.25, 0.3) is 0 Å². The Morgan fingerprint density at radius 1 is 1.03 bits per heavy atom. The Morgan fingerprint density at radius 3 is 2.35 bits per heavy atom. The number of hydrogen-bond acceptors (Lipinski definition) is 7. The van der Waals surface area contributed by atoms with Crippen molar-refractivity contribution in [3.05, 3.63) is 53.6 Å². The molecular weight excluding hydrogens is 442 g/mol. The van der Waals surface area contributed by atoms with Crippen molar-refractivity contribution in [1.29, 1.82) is 0 Å². The van der Waals surface area contributed by atoms with Crippen molar-refractivity contribution in [1.82, 2.24) is 10.4 Å². The van der Waals surface area contributed by atoms with E-state index in [1.165, 1.54) is 14.2 Å². The number of carbonyl (C=O) groups excluding carboxylic acids is 4. The van der Waals surface area contributed by atoms with E-state index in [1.54, 1.807) is 30.3 Å². The number of hydrazine groups is 1. The molecule has 10 heteroatoms. The van der Waals surface area contributed by atoms with Crippen LogP contribution in [0.3, 0.4) is 0 Å². The lowest BCUT2D eigenvalue weighted by Crippen LogP contribution is -2.43. The third-order valence-electron chi connectivity index (χ3n) is 5.37. The number of methoxy groups -OCH3 is 2. The molecule has 0 unspecified atom stereocenters. The van der Waals surface area contributed by atoms with Crippen LogP contribution in [0, 0.1) is 5.92 Å². The average molecular weight is 469 g/mol. The van der Waals surface area contributed by atoms with Gasteiger partial charge in [0.1, 0.15) is 17.1 Å². The van der Waals surface area contributed by atoms with Crippen LogP contribution in [-0.4, -0.2) is 56.1 Å². The number of anilines is 1. The van der Waals surface area contributed by atoms with Crippen molar-refractivity contribution in [2.75, 3.05) is 32.7 Å². The summed E-state index contributed by atoms with van der Waals surface area (Å²) in [5.74, 6) is -2.52. The van der Waals surface area contributed by atoms with Crippen LogP contribution in [0.5, 0.6) is 11.5 Å². The van der Waals surface area contributed by atoms with E-state index in [2.05, 4.69) is 10.7 Å². The predicted octanol–water partition coefficient (Wildman–Crippen LogP) is 1.94. The molecule has 180 valence electrons. The highest BCUT2D eigenvalue weighted by Gasteiger charge is 2.37. The minimum Gasteiger partial charge on any atom is -0.496 e. The maximum Gasteiger partial charge on any atom is 0.311 e. The number of rotatable bonds is 9. The van der Waals surface area contributed by atoms with Crippen molar-refractivity contribution in [2.24, 2.45) is 5.92 Å². The summed E-state index contributed by atoms with van der Waals surface area (Å²) < 4.78 is 15.5. The Balaban J connectivity index is 1.55. The second-order valence-electron chi connectivity index (χ2n) is 7.55. The number of hydrogen-bond donors (Lipinski definition) is 2. The van der Waals surface area contributed by atoms with E-state index in [4.69, 9.17) is 14.2 Å². The average Bonchev–Trinajstić information content (AvgIpc) is 3.22. The van der Waals surface area contributed by atoms with E-state index in [-0.39, 0.29) is 30.0 Å². The Hall–Kier alpha value is -4.08. The van der Waals surface area contributed by atoms with Gasteiger partial charge in [-0.05, 0) is 30.2 Å². The molecule has 1 aliphatic heterocycles. The zero-order valence-electron chi connectivity index (χ0n) is 19.3. The van der Waals surface area contributed by atoms with Gasteiger partial charge in [-0.15, -0.1) is 0 Å². The van der Waals surface area contributed by atoms with Crippen LogP contribution in [-0.2, 0) is 25.5 Å². The molecule has 2 aromatic carbocycles. The van der Waals surface area contributed by atoms with Crippen molar-refractivity contribution >= 4 is 29.4 Å². The molecule has 0 spiro atoms. The number of benzene rings is 2. The lowest BCUT2D eigenvalue weighted by atomic mass is 10.1. The summed E-state index contributed by atoms with van der Waals surface area (Å²) in [6, 6.07) is 12.2. The first kappa shape index (κ1) is 24.6. The monoisotopic (exact) mass is 469 g/mol. The fraction of sp³-hybridized carbons (Fsp3) is 0.333. The number of amides is 3. The number of aryl methyl sites for hydroxylation is 1. The first-order chi connectivity index (χ1) is 16.4. The molecule has 1 aliphatic rings. The molecule has 1 saturated heterocycles. The highest BCUT2D eigenvalue weighted by molar-refractivity contribution is 6.01. The van der Waals surface area contributed by atoms with Gasteiger partial charge in [0.25, 0.3) is 11.8 Å². The summed E-state index contributed by atoms with van der Waals surface area (Å²) >= 11 is 0. The van der Waals surface area contributed by atoms with Crippen LogP contribution < -0.4 is 20.2 Å². The molecule has 0 radical (unpaired) electrons. The van der Waals surface area contributed by atoms with Crippen LogP contribution >= 0.6 is 0 Å². The normalized spacial score (nSPS) is 15.0. The fourth-order valence-corrected chi connectivity index (χ4v) is 3.62. The maximum atomic E-state index is 12.8. The van der Waals surface area contributed by atoms with Gasteiger partial charge in [-0.1, -0.05) is 31.2 Å². The molecule has 1 heterocycles. The van der Waals surface area contributed by atoms with E-state index in [0.717, 1.165) is 17.0 Å². The molecule has 1 atom stereocenters. The van der Waals surface area contributed by atoms with Crippen molar-refractivity contribution < 1.29 is 33.4 Å². The molecule has 0 aliphatic carbocycles.